The van der Waals surface area contributed by atoms with Gasteiger partial charge in [-0.15, -0.1) is 0 Å². The summed E-state index contributed by atoms with van der Waals surface area (Å²) in [5, 5.41) is 18.8. The molecule has 2 aliphatic rings. The second kappa shape index (κ2) is 3.35. The molecule has 0 radical (unpaired) electrons. The molecular weight excluding hydrogens is 226 g/mol. The van der Waals surface area contributed by atoms with Crippen molar-refractivity contribution in [3.05, 3.63) is 0 Å². The van der Waals surface area contributed by atoms with Gasteiger partial charge in [0, 0.05) is 5.92 Å². The minimum atomic E-state index is -1.23. The zero-order valence-corrected chi connectivity index (χ0v) is 10.1. The molecule has 2 rings (SSSR count). The molecule has 3 atom stereocenters. The molecule has 2 N–H and O–H groups in total. The summed E-state index contributed by atoms with van der Waals surface area (Å²) in [6.45, 7) is 5.19. The van der Waals surface area contributed by atoms with E-state index in [0.717, 1.165) is 4.90 Å². The highest BCUT2D eigenvalue weighted by molar-refractivity contribution is 5.89. The second-order valence-corrected chi connectivity index (χ2v) is 5.70. The van der Waals surface area contributed by atoms with Crippen LogP contribution in [0.3, 0.4) is 0 Å². The molecule has 17 heavy (non-hydrogen) atoms. The van der Waals surface area contributed by atoms with E-state index in [9.17, 15) is 19.8 Å². The number of hydrogen-bond acceptors (Lipinski definition) is 4. The number of aliphatic hydroxyl groups excluding tert-OH is 1. The molecule has 6 nitrogen and oxygen atoms in total. The molecule has 0 spiro atoms. The molecule has 96 valence electrons. The van der Waals surface area contributed by atoms with E-state index in [2.05, 4.69) is 0 Å². The molecule has 1 amide bonds. The van der Waals surface area contributed by atoms with E-state index in [1.165, 1.54) is 0 Å². The third kappa shape index (κ3) is 1.76. The van der Waals surface area contributed by atoms with Crippen LogP contribution in [-0.2, 0) is 9.53 Å². The highest BCUT2D eigenvalue weighted by atomic mass is 16.6. The lowest BCUT2D eigenvalue weighted by atomic mass is 10.2. The van der Waals surface area contributed by atoms with Crippen molar-refractivity contribution in [1.82, 2.24) is 4.90 Å². The number of carbonyl (C=O) groups excluding carboxylic acids is 1. The summed E-state index contributed by atoms with van der Waals surface area (Å²) in [5.41, 5.74) is -1.91. The van der Waals surface area contributed by atoms with Gasteiger partial charge in [0.1, 0.15) is 11.1 Å². The van der Waals surface area contributed by atoms with Crippen LogP contribution in [-0.4, -0.2) is 51.0 Å². The summed E-state index contributed by atoms with van der Waals surface area (Å²) in [4.78, 5) is 24.3. The Morgan fingerprint density at radius 3 is 2.41 bits per heavy atom. The standard InChI is InChI=1S/C11H17NO5/c1-10(2,3)17-9(16)12-5-7(13)6-4-11(6,12)8(14)15/h6-7,13H,4-5H2,1-3H3,(H,14,15). The van der Waals surface area contributed by atoms with Gasteiger partial charge < -0.3 is 14.9 Å². The van der Waals surface area contributed by atoms with Gasteiger partial charge in [-0.3, -0.25) is 4.90 Å². The van der Waals surface area contributed by atoms with E-state index in [0.29, 0.717) is 6.42 Å². The first-order valence-corrected chi connectivity index (χ1v) is 5.60. The van der Waals surface area contributed by atoms with Gasteiger partial charge in [0.25, 0.3) is 0 Å². The maximum atomic E-state index is 11.9. The predicted molar refractivity (Wildman–Crippen MR) is 57.4 cm³/mol. The summed E-state index contributed by atoms with van der Waals surface area (Å²) in [5.74, 6) is -1.42. The topological polar surface area (TPSA) is 87.1 Å². The smallest absolute Gasteiger partial charge is 0.411 e. The van der Waals surface area contributed by atoms with Gasteiger partial charge in [-0.1, -0.05) is 0 Å². The molecule has 0 aromatic heterocycles. The number of aliphatic hydroxyl groups is 1. The van der Waals surface area contributed by atoms with Crippen LogP contribution >= 0.6 is 0 Å². The summed E-state index contributed by atoms with van der Waals surface area (Å²) >= 11 is 0. The molecule has 1 heterocycles. The molecule has 1 aliphatic carbocycles. The van der Waals surface area contributed by atoms with Crippen molar-refractivity contribution in [3.8, 4) is 0 Å². The van der Waals surface area contributed by atoms with E-state index in [1.54, 1.807) is 20.8 Å². The normalized spacial score (nSPS) is 35.4. The SMILES string of the molecule is CC(C)(C)OC(=O)N1CC(O)C2CC21C(=O)O. The fourth-order valence-corrected chi connectivity index (χ4v) is 2.43. The Morgan fingerprint density at radius 1 is 1.41 bits per heavy atom. The molecular formula is C11H17NO5. The summed E-state index contributed by atoms with van der Waals surface area (Å²) in [7, 11) is 0. The Labute approximate surface area is 99.2 Å². The number of β-amino-alcohol motifs (C(OH)–C–C–N with tert-alkyl or cyclic N) is 1. The van der Waals surface area contributed by atoms with Crippen molar-refractivity contribution in [2.24, 2.45) is 5.92 Å². The molecule has 1 saturated carbocycles. The molecule has 2 fully saturated rings. The van der Waals surface area contributed by atoms with Gasteiger partial charge in [-0.25, -0.2) is 9.59 Å². The number of amides is 1. The van der Waals surface area contributed by atoms with E-state index in [-0.39, 0.29) is 12.5 Å². The number of carboxylic acids is 1. The van der Waals surface area contributed by atoms with Crippen LogP contribution in [0.5, 0.6) is 0 Å². The van der Waals surface area contributed by atoms with Gasteiger partial charge in [0.2, 0.25) is 0 Å². The largest absolute Gasteiger partial charge is 0.479 e. The summed E-state index contributed by atoms with van der Waals surface area (Å²) in [6, 6.07) is 0. The number of nitrogens with zero attached hydrogens (tertiary/aromatic N) is 1. The molecule has 0 aromatic rings. The van der Waals surface area contributed by atoms with E-state index >= 15 is 0 Å². The van der Waals surface area contributed by atoms with Gasteiger partial charge in [-0.05, 0) is 27.2 Å². The first kappa shape index (κ1) is 12.2. The Bertz CT molecular complexity index is 375. The maximum absolute atomic E-state index is 11.9. The van der Waals surface area contributed by atoms with Crippen molar-refractivity contribution >= 4 is 12.1 Å². The lowest BCUT2D eigenvalue weighted by molar-refractivity contribution is -0.144. The fourth-order valence-electron chi connectivity index (χ4n) is 2.43. The first-order valence-electron chi connectivity index (χ1n) is 5.60. The number of likely N-dealkylation sites (tertiary alicyclic amines) is 1. The van der Waals surface area contributed by atoms with Crippen LogP contribution in [0.15, 0.2) is 0 Å². The van der Waals surface area contributed by atoms with Crippen LogP contribution in [0.25, 0.3) is 0 Å². The van der Waals surface area contributed by atoms with Crippen molar-refractivity contribution in [3.63, 3.8) is 0 Å². The average Bonchev–Trinajstić information content (AvgIpc) is 2.81. The molecule has 1 saturated heterocycles. The van der Waals surface area contributed by atoms with Gasteiger partial charge >= 0.3 is 12.1 Å². The minimum Gasteiger partial charge on any atom is -0.479 e. The average molecular weight is 243 g/mol. The van der Waals surface area contributed by atoms with Crippen molar-refractivity contribution in [1.29, 1.82) is 0 Å². The minimum absolute atomic E-state index is 0.0336. The highest BCUT2D eigenvalue weighted by Gasteiger charge is 2.73. The van der Waals surface area contributed by atoms with E-state index < -0.39 is 29.3 Å². The van der Waals surface area contributed by atoms with Crippen LogP contribution in [0.4, 0.5) is 4.79 Å². The Balaban J connectivity index is 2.16. The van der Waals surface area contributed by atoms with E-state index in [4.69, 9.17) is 4.74 Å². The Kier molecular flexibility index (Phi) is 2.40. The summed E-state index contributed by atoms with van der Waals surface area (Å²) in [6.07, 6.45) is -1.12. The highest BCUT2D eigenvalue weighted by Crippen LogP contribution is 2.56. The lowest BCUT2D eigenvalue weighted by Crippen LogP contribution is -2.47. The molecule has 0 bridgehead atoms. The molecule has 1 aliphatic heterocycles. The third-order valence-corrected chi connectivity index (χ3v) is 3.28. The van der Waals surface area contributed by atoms with Gasteiger partial charge in [-0.2, -0.15) is 0 Å². The fraction of sp³-hybridized carbons (Fsp3) is 0.818. The zero-order valence-electron chi connectivity index (χ0n) is 10.1. The first-order chi connectivity index (χ1) is 7.68. The summed E-state index contributed by atoms with van der Waals surface area (Å²) < 4.78 is 5.15. The zero-order chi connectivity index (χ0) is 13.0. The lowest BCUT2D eigenvalue weighted by Gasteiger charge is -2.29. The number of rotatable bonds is 1. The van der Waals surface area contributed by atoms with Crippen LogP contribution in [0.1, 0.15) is 27.2 Å². The number of ether oxygens (including phenoxy) is 1. The van der Waals surface area contributed by atoms with Crippen LogP contribution in [0, 0.1) is 5.92 Å². The predicted octanol–water partition coefficient (Wildman–Crippen LogP) is 0.441. The number of carbonyl (C=O) groups is 2. The van der Waals surface area contributed by atoms with Crippen LogP contribution < -0.4 is 0 Å². The maximum Gasteiger partial charge on any atom is 0.411 e. The number of carboxylic acid groups (broad SMARTS) is 1. The monoisotopic (exact) mass is 243 g/mol. The Hall–Kier alpha value is -1.30. The van der Waals surface area contributed by atoms with E-state index in [1.807, 2.05) is 0 Å². The number of hydrogen-bond donors (Lipinski definition) is 2. The number of fused-ring (bicyclic) bond motifs is 1. The molecule has 3 unspecified atom stereocenters. The van der Waals surface area contributed by atoms with Crippen LogP contribution in [0.2, 0.25) is 0 Å². The van der Waals surface area contributed by atoms with Gasteiger partial charge in [0.05, 0.1) is 12.6 Å². The quantitative estimate of drug-likeness (QED) is 0.697. The van der Waals surface area contributed by atoms with Crippen molar-refractivity contribution in [2.45, 2.75) is 44.4 Å². The second-order valence-electron chi connectivity index (χ2n) is 5.70. The third-order valence-electron chi connectivity index (χ3n) is 3.28. The number of piperidine rings is 1. The van der Waals surface area contributed by atoms with Crippen molar-refractivity contribution < 1.29 is 24.5 Å². The number of aliphatic carboxylic acids is 1. The van der Waals surface area contributed by atoms with Crippen molar-refractivity contribution in [2.75, 3.05) is 6.54 Å². The molecule has 0 aromatic carbocycles. The Morgan fingerprint density at radius 2 is 2.00 bits per heavy atom. The van der Waals surface area contributed by atoms with Gasteiger partial charge in [0.15, 0.2) is 0 Å². The molecule has 6 heteroatoms.